The Hall–Kier alpha value is -3.15. The lowest BCUT2D eigenvalue weighted by Gasteiger charge is -2.06. The summed E-state index contributed by atoms with van der Waals surface area (Å²) in [6.45, 7) is 4.75. The van der Waals surface area contributed by atoms with Crippen LogP contribution in [0.3, 0.4) is 0 Å². The molecule has 220 valence electrons. The summed E-state index contributed by atoms with van der Waals surface area (Å²) in [5.74, 6) is 0.653. The van der Waals surface area contributed by atoms with Gasteiger partial charge in [-0.1, -0.05) is 96.8 Å². The van der Waals surface area contributed by atoms with E-state index in [1.54, 1.807) is 54.7 Å². The number of benzene rings is 2. The minimum Gasteiger partial charge on any atom is -0.494 e. The van der Waals surface area contributed by atoms with Crippen LogP contribution < -0.4 is 14.9 Å². The van der Waals surface area contributed by atoms with Gasteiger partial charge in [-0.15, -0.1) is 0 Å². The summed E-state index contributed by atoms with van der Waals surface area (Å²) in [6, 6.07) is 13.8. The lowest BCUT2D eigenvalue weighted by atomic mass is 10.0. The van der Waals surface area contributed by atoms with E-state index in [2.05, 4.69) is 17.5 Å². The summed E-state index contributed by atoms with van der Waals surface area (Å²) >= 11 is 0. The Morgan fingerprint density at radius 3 is 1.70 bits per heavy atom. The highest BCUT2D eigenvalue weighted by Crippen LogP contribution is 2.17. The topological polar surface area (TPSA) is 77.0 Å². The van der Waals surface area contributed by atoms with Crippen LogP contribution in [0.25, 0.3) is 0 Å². The van der Waals surface area contributed by atoms with E-state index in [-0.39, 0.29) is 5.91 Å². The predicted molar refractivity (Wildman–Crippen MR) is 164 cm³/mol. The van der Waals surface area contributed by atoms with Crippen molar-refractivity contribution in [3.63, 3.8) is 0 Å². The number of amides is 1. The summed E-state index contributed by atoms with van der Waals surface area (Å²) in [7, 11) is 0. The minimum absolute atomic E-state index is 0.0631. The highest BCUT2D eigenvalue weighted by atomic mass is 16.5. The zero-order valence-corrected chi connectivity index (χ0v) is 24.8. The molecular weight excluding hydrogens is 500 g/mol. The van der Waals surface area contributed by atoms with Gasteiger partial charge in [0.1, 0.15) is 11.5 Å². The van der Waals surface area contributed by atoms with Crippen LogP contribution >= 0.6 is 0 Å². The molecule has 0 heterocycles. The van der Waals surface area contributed by atoms with Crippen LogP contribution in [0.1, 0.15) is 133 Å². The van der Waals surface area contributed by atoms with Crippen LogP contribution in [0.5, 0.6) is 11.5 Å². The molecule has 0 spiro atoms. The molecule has 0 bridgehead atoms. The molecule has 0 radical (unpaired) electrons. The maximum Gasteiger partial charge on any atom is 0.343 e. The molecule has 2 aromatic carbocycles. The molecule has 2 rings (SSSR count). The van der Waals surface area contributed by atoms with E-state index < -0.39 is 5.97 Å². The van der Waals surface area contributed by atoms with Gasteiger partial charge in [0.25, 0.3) is 0 Å². The Balaban J connectivity index is 1.48. The summed E-state index contributed by atoms with van der Waals surface area (Å²) in [5, 5.41) is 4.05. The van der Waals surface area contributed by atoms with Crippen molar-refractivity contribution < 1.29 is 19.1 Å². The number of esters is 1. The fraction of sp³-hybridized carbons (Fsp3) is 0.559. The lowest BCUT2D eigenvalue weighted by Crippen LogP contribution is -2.16. The molecule has 0 aliphatic carbocycles. The third kappa shape index (κ3) is 15.4. The predicted octanol–water partition coefficient (Wildman–Crippen LogP) is 9.02. The molecule has 40 heavy (non-hydrogen) atoms. The van der Waals surface area contributed by atoms with Gasteiger partial charge in [-0.3, -0.25) is 4.79 Å². The standard InChI is InChI=1S/C34H50N2O4/c1-3-5-6-7-8-9-10-11-12-13-14-15-16-17-18-19-33(37)36-35-28-29-20-24-32(25-21-29)40-34(38)30-22-26-31(27-23-30)39-4-2/h20-28H,3-19H2,1-2H3,(H,36,37). The first-order valence-corrected chi connectivity index (χ1v) is 15.5. The molecule has 0 unspecified atom stereocenters. The molecule has 6 heteroatoms. The summed E-state index contributed by atoms with van der Waals surface area (Å²) in [6.07, 6.45) is 21.7. The molecule has 0 fully saturated rings. The lowest BCUT2D eigenvalue weighted by molar-refractivity contribution is -0.121. The van der Waals surface area contributed by atoms with Crippen LogP contribution in [0.15, 0.2) is 53.6 Å². The Labute approximate surface area is 241 Å². The molecule has 2 aromatic rings. The number of nitrogens with zero attached hydrogens (tertiary/aromatic N) is 1. The van der Waals surface area contributed by atoms with Gasteiger partial charge in [-0.2, -0.15) is 5.10 Å². The van der Waals surface area contributed by atoms with Crippen molar-refractivity contribution in [1.29, 1.82) is 0 Å². The van der Waals surface area contributed by atoms with Gasteiger partial charge in [-0.05, 0) is 67.4 Å². The number of ether oxygens (including phenoxy) is 2. The average molecular weight is 551 g/mol. The van der Waals surface area contributed by atoms with E-state index in [1.165, 1.54) is 83.5 Å². The third-order valence-corrected chi connectivity index (χ3v) is 6.90. The maximum atomic E-state index is 12.3. The SMILES string of the molecule is CCCCCCCCCCCCCCCCCC(=O)NN=Cc1ccc(OC(=O)c2ccc(OCC)cc2)cc1. The number of rotatable bonds is 22. The second-order valence-electron chi connectivity index (χ2n) is 10.4. The first-order valence-electron chi connectivity index (χ1n) is 15.5. The number of hydrogen-bond acceptors (Lipinski definition) is 5. The molecule has 0 aliphatic rings. The van der Waals surface area contributed by atoms with Crippen LogP contribution in [0.2, 0.25) is 0 Å². The second kappa shape index (κ2) is 21.6. The van der Waals surface area contributed by atoms with Crippen molar-refractivity contribution in [3.05, 3.63) is 59.7 Å². The Bertz CT molecular complexity index is 970. The number of unbranched alkanes of at least 4 members (excludes halogenated alkanes) is 14. The quantitative estimate of drug-likeness (QED) is 0.0522. The fourth-order valence-corrected chi connectivity index (χ4v) is 4.53. The second-order valence-corrected chi connectivity index (χ2v) is 10.4. The summed E-state index contributed by atoms with van der Waals surface area (Å²) < 4.78 is 10.8. The van der Waals surface area contributed by atoms with Crippen LogP contribution in [0.4, 0.5) is 0 Å². The first-order chi connectivity index (χ1) is 19.6. The molecule has 1 amide bonds. The van der Waals surface area contributed by atoms with Crippen molar-refractivity contribution in [3.8, 4) is 11.5 Å². The summed E-state index contributed by atoms with van der Waals surface area (Å²) in [5.41, 5.74) is 3.85. The average Bonchev–Trinajstić information content (AvgIpc) is 2.96. The normalized spacial score (nSPS) is 11.1. The van der Waals surface area contributed by atoms with Crippen molar-refractivity contribution >= 4 is 18.1 Å². The van der Waals surface area contributed by atoms with Gasteiger partial charge in [0, 0.05) is 6.42 Å². The highest BCUT2D eigenvalue weighted by Gasteiger charge is 2.09. The van der Waals surface area contributed by atoms with Crippen molar-refractivity contribution in [1.82, 2.24) is 5.43 Å². The van der Waals surface area contributed by atoms with E-state index in [0.717, 1.165) is 18.4 Å². The number of hydrazone groups is 1. The van der Waals surface area contributed by atoms with Crippen LogP contribution in [-0.4, -0.2) is 24.7 Å². The van der Waals surface area contributed by atoms with Crippen LogP contribution in [0, 0.1) is 0 Å². The molecular formula is C34H50N2O4. The van der Waals surface area contributed by atoms with Gasteiger partial charge < -0.3 is 9.47 Å². The Kier molecular flexibility index (Phi) is 17.9. The molecule has 6 nitrogen and oxygen atoms in total. The van der Waals surface area contributed by atoms with Crippen LogP contribution in [-0.2, 0) is 4.79 Å². The Morgan fingerprint density at radius 1 is 0.675 bits per heavy atom. The van der Waals surface area contributed by atoms with Gasteiger partial charge in [-0.25, -0.2) is 10.2 Å². The smallest absolute Gasteiger partial charge is 0.343 e. The van der Waals surface area contributed by atoms with Crippen molar-refractivity contribution in [2.24, 2.45) is 5.10 Å². The maximum absolute atomic E-state index is 12.3. The zero-order valence-electron chi connectivity index (χ0n) is 24.8. The van der Waals surface area contributed by atoms with Crippen molar-refractivity contribution in [2.75, 3.05) is 6.61 Å². The van der Waals surface area contributed by atoms with E-state index in [0.29, 0.717) is 30.1 Å². The summed E-state index contributed by atoms with van der Waals surface area (Å²) in [4.78, 5) is 24.4. The fourth-order valence-electron chi connectivity index (χ4n) is 4.53. The largest absolute Gasteiger partial charge is 0.494 e. The van der Waals surface area contributed by atoms with Gasteiger partial charge >= 0.3 is 5.97 Å². The van der Waals surface area contributed by atoms with E-state index in [9.17, 15) is 9.59 Å². The molecule has 1 N–H and O–H groups in total. The van der Waals surface area contributed by atoms with E-state index >= 15 is 0 Å². The number of carbonyl (C=O) groups excluding carboxylic acids is 2. The number of carbonyl (C=O) groups is 2. The van der Waals surface area contributed by atoms with Crippen molar-refractivity contribution in [2.45, 2.75) is 117 Å². The third-order valence-electron chi connectivity index (χ3n) is 6.90. The molecule has 0 atom stereocenters. The van der Waals surface area contributed by atoms with Gasteiger partial charge in [0.05, 0.1) is 18.4 Å². The molecule has 0 saturated heterocycles. The molecule has 0 aliphatic heterocycles. The van der Waals surface area contributed by atoms with Gasteiger partial charge in [0.15, 0.2) is 0 Å². The zero-order chi connectivity index (χ0) is 28.7. The Morgan fingerprint density at radius 2 is 1.18 bits per heavy atom. The van der Waals surface area contributed by atoms with E-state index in [1.807, 2.05) is 6.92 Å². The number of nitrogens with one attached hydrogen (secondary N) is 1. The monoisotopic (exact) mass is 550 g/mol. The number of hydrogen-bond donors (Lipinski definition) is 1. The molecule has 0 aromatic heterocycles. The first kappa shape index (κ1) is 33.1. The minimum atomic E-state index is -0.435. The van der Waals surface area contributed by atoms with E-state index in [4.69, 9.17) is 9.47 Å². The highest BCUT2D eigenvalue weighted by molar-refractivity contribution is 5.91. The molecule has 0 saturated carbocycles. The van der Waals surface area contributed by atoms with Gasteiger partial charge in [0.2, 0.25) is 5.91 Å².